The van der Waals surface area contributed by atoms with Crippen LogP contribution < -0.4 is 0 Å². The fraction of sp³-hybridized carbons (Fsp3) is 0.750. The Labute approximate surface area is 201 Å². The number of carbonyl (C=O) groups is 1. The van der Waals surface area contributed by atoms with E-state index in [1.165, 1.54) is 32.1 Å². The smallest absolute Gasteiger partial charge is 0.157 e. The molecule has 0 radical (unpaired) electrons. The largest absolute Gasteiger partial charge is 0.387 e. The van der Waals surface area contributed by atoms with Gasteiger partial charge in [-0.15, -0.1) is 0 Å². The SMILES string of the molecule is COC1C2[C@@H]3CC[C@@H]4[C@H](CC[C@]5(C)[C@@H](C(=O)Cn6ncc7ccncc76)CC[C@@H]45)[C@H]3CC[C@]12O. The van der Waals surface area contributed by atoms with E-state index in [1.807, 2.05) is 23.1 Å². The molecule has 6 heteroatoms. The summed E-state index contributed by atoms with van der Waals surface area (Å²) in [7, 11) is 1.77. The lowest BCUT2D eigenvalue weighted by molar-refractivity contribution is -0.131. The first-order chi connectivity index (χ1) is 16.5. The van der Waals surface area contributed by atoms with E-state index in [2.05, 4.69) is 17.0 Å². The van der Waals surface area contributed by atoms with E-state index in [0.29, 0.717) is 30.1 Å². The number of aromatic nitrogens is 3. The predicted octanol–water partition coefficient (Wildman–Crippen LogP) is 4.26. The van der Waals surface area contributed by atoms with E-state index >= 15 is 0 Å². The van der Waals surface area contributed by atoms with Gasteiger partial charge in [-0.3, -0.25) is 14.5 Å². The predicted molar refractivity (Wildman–Crippen MR) is 128 cm³/mol. The van der Waals surface area contributed by atoms with Crippen molar-refractivity contribution >= 4 is 16.7 Å². The van der Waals surface area contributed by atoms with Crippen molar-refractivity contribution in [3.63, 3.8) is 0 Å². The van der Waals surface area contributed by atoms with Gasteiger partial charge in [-0.2, -0.15) is 5.10 Å². The second-order valence-corrected chi connectivity index (χ2v) is 12.4. The zero-order chi connectivity index (χ0) is 23.2. The number of Topliss-reactive ketones (excluding diaryl/α,β-unsaturated/α-hetero) is 1. The minimum atomic E-state index is -0.539. The highest BCUT2D eigenvalue weighted by molar-refractivity contribution is 5.84. The van der Waals surface area contributed by atoms with Crippen LogP contribution in [0.25, 0.3) is 10.9 Å². The van der Waals surface area contributed by atoms with Crippen molar-refractivity contribution in [2.24, 2.45) is 46.8 Å². The molecule has 2 heterocycles. The molecule has 2 aromatic rings. The molecular formula is C28H37N3O3. The lowest BCUT2D eigenvalue weighted by atomic mass is 9.49. The van der Waals surface area contributed by atoms with Crippen LogP contribution in [0.5, 0.6) is 0 Å². The fourth-order valence-corrected chi connectivity index (χ4v) is 9.96. The molecule has 34 heavy (non-hydrogen) atoms. The second-order valence-electron chi connectivity index (χ2n) is 12.4. The summed E-state index contributed by atoms with van der Waals surface area (Å²) >= 11 is 0. The number of hydrogen-bond donors (Lipinski definition) is 1. The number of ether oxygens (including phenoxy) is 1. The maximum absolute atomic E-state index is 13.6. The maximum Gasteiger partial charge on any atom is 0.157 e. The normalized spacial score (nSPS) is 46.9. The van der Waals surface area contributed by atoms with Crippen LogP contribution in [0.15, 0.2) is 24.7 Å². The summed E-state index contributed by atoms with van der Waals surface area (Å²) < 4.78 is 7.54. The third-order valence-electron chi connectivity index (χ3n) is 11.4. The van der Waals surface area contributed by atoms with Crippen molar-refractivity contribution in [2.75, 3.05) is 7.11 Å². The first-order valence-electron chi connectivity index (χ1n) is 13.5. The zero-order valence-corrected chi connectivity index (χ0v) is 20.4. The van der Waals surface area contributed by atoms with Crippen molar-refractivity contribution in [1.82, 2.24) is 14.8 Å². The van der Waals surface area contributed by atoms with E-state index in [-0.39, 0.29) is 17.4 Å². The number of pyridine rings is 1. The van der Waals surface area contributed by atoms with Gasteiger partial charge >= 0.3 is 0 Å². The van der Waals surface area contributed by atoms with Crippen LogP contribution in [0, 0.1) is 46.8 Å². The van der Waals surface area contributed by atoms with Gasteiger partial charge in [-0.05, 0) is 92.4 Å². The molecule has 6 nitrogen and oxygen atoms in total. The topological polar surface area (TPSA) is 77.2 Å². The van der Waals surface area contributed by atoms with E-state index < -0.39 is 5.60 Å². The van der Waals surface area contributed by atoms with Crippen LogP contribution in [-0.2, 0) is 16.1 Å². The molecule has 182 valence electrons. The number of hydrogen-bond acceptors (Lipinski definition) is 5. The van der Waals surface area contributed by atoms with E-state index in [4.69, 9.17) is 4.74 Å². The van der Waals surface area contributed by atoms with Gasteiger partial charge in [-0.1, -0.05) is 6.92 Å². The van der Waals surface area contributed by atoms with Crippen LogP contribution >= 0.6 is 0 Å². The summed E-state index contributed by atoms with van der Waals surface area (Å²) in [6, 6.07) is 1.95. The van der Waals surface area contributed by atoms with Crippen LogP contribution in [0.1, 0.15) is 58.3 Å². The number of fused-ring (bicyclic) bond motifs is 8. The van der Waals surface area contributed by atoms with Crippen LogP contribution in [0.4, 0.5) is 0 Å². The van der Waals surface area contributed by atoms with Gasteiger partial charge in [0.25, 0.3) is 0 Å². The molecule has 5 aliphatic carbocycles. The average Bonchev–Trinajstić information content (AvgIpc) is 3.09. The molecule has 5 saturated carbocycles. The van der Waals surface area contributed by atoms with Crippen LogP contribution in [0.3, 0.4) is 0 Å². The first-order valence-corrected chi connectivity index (χ1v) is 13.5. The Kier molecular flexibility index (Phi) is 4.65. The highest BCUT2D eigenvalue weighted by Gasteiger charge is 2.72. The van der Waals surface area contributed by atoms with E-state index in [1.54, 1.807) is 13.3 Å². The standard InChI is InChI=1S/C28H37N3O3/c1-27-10-7-17-18-8-11-28(33)25(26(28)34-2)20(18)4-3-19(17)21(27)5-6-22(27)24(32)15-31-23-14-29-12-9-16(23)13-30-31/h9,12-14,17-22,25-26,33H,3-8,10-11,15H2,1-2H3/t17-,18-,19-,20-,21+,22-,25?,26?,27+,28-/m1/s1. The molecule has 1 N–H and O–H groups in total. The Balaban J connectivity index is 1.09. The molecule has 2 unspecified atom stereocenters. The number of ketones is 1. The molecule has 0 aromatic carbocycles. The molecule has 7 rings (SSSR count). The van der Waals surface area contributed by atoms with Crippen molar-refractivity contribution < 1.29 is 14.6 Å². The van der Waals surface area contributed by atoms with Gasteiger partial charge in [0.05, 0.1) is 29.6 Å². The molecular weight excluding hydrogens is 426 g/mol. The Morgan fingerprint density at radius 2 is 1.88 bits per heavy atom. The monoisotopic (exact) mass is 463 g/mol. The van der Waals surface area contributed by atoms with E-state index in [9.17, 15) is 9.90 Å². The minimum Gasteiger partial charge on any atom is -0.387 e. The Hall–Kier alpha value is -1.79. The van der Waals surface area contributed by atoms with Gasteiger partial charge in [0.2, 0.25) is 0 Å². The zero-order valence-electron chi connectivity index (χ0n) is 20.4. The lowest BCUT2D eigenvalue weighted by Gasteiger charge is -2.55. The van der Waals surface area contributed by atoms with Gasteiger partial charge < -0.3 is 9.84 Å². The fourth-order valence-electron chi connectivity index (χ4n) is 9.96. The first kappa shape index (κ1) is 21.5. The molecule has 5 aliphatic rings. The van der Waals surface area contributed by atoms with Crippen molar-refractivity contribution in [1.29, 1.82) is 0 Å². The van der Waals surface area contributed by atoms with E-state index in [0.717, 1.165) is 47.9 Å². The Bertz CT molecular complexity index is 1130. The number of nitrogens with zero attached hydrogens (tertiary/aromatic N) is 3. The summed E-state index contributed by atoms with van der Waals surface area (Å²) in [4.78, 5) is 17.9. The highest BCUT2D eigenvalue weighted by Crippen LogP contribution is 2.69. The lowest BCUT2D eigenvalue weighted by Crippen LogP contribution is -2.50. The Morgan fingerprint density at radius 3 is 2.74 bits per heavy atom. The molecule has 2 aromatic heterocycles. The molecule has 0 aliphatic heterocycles. The summed E-state index contributed by atoms with van der Waals surface area (Å²) in [6.07, 6.45) is 14.7. The van der Waals surface area contributed by atoms with Crippen LogP contribution in [0.2, 0.25) is 0 Å². The third kappa shape index (κ3) is 2.78. The molecule has 0 saturated heterocycles. The van der Waals surface area contributed by atoms with Gasteiger partial charge in [0.1, 0.15) is 6.54 Å². The molecule has 5 fully saturated rings. The van der Waals surface area contributed by atoms with Gasteiger partial charge in [0, 0.05) is 30.5 Å². The average molecular weight is 464 g/mol. The molecule has 0 bridgehead atoms. The summed E-state index contributed by atoms with van der Waals surface area (Å²) in [5.41, 5.74) is 0.531. The van der Waals surface area contributed by atoms with Crippen molar-refractivity contribution in [2.45, 2.75) is 76.5 Å². The van der Waals surface area contributed by atoms with Crippen molar-refractivity contribution in [3.8, 4) is 0 Å². The maximum atomic E-state index is 13.6. The Morgan fingerprint density at radius 1 is 1.09 bits per heavy atom. The molecule has 10 atom stereocenters. The highest BCUT2D eigenvalue weighted by atomic mass is 16.5. The van der Waals surface area contributed by atoms with Crippen LogP contribution in [-0.4, -0.2) is 44.5 Å². The van der Waals surface area contributed by atoms with Gasteiger partial charge in [0.15, 0.2) is 5.78 Å². The number of aliphatic hydroxyl groups is 1. The molecule has 0 amide bonds. The number of methoxy groups -OCH3 is 1. The minimum absolute atomic E-state index is 0.0648. The molecule has 0 spiro atoms. The summed E-state index contributed by atoms with van der Waals surface area (Å²) in [6.45, 7) is 2.79. The van der Waals surface area contributed by atoms with Crippen molar-refractivity contribution in [3.05, 3.63) is 24.7 Å². The van der Waals surface area contributed by atoms with Gasteiger partial charge in [-0.25, -0.2) is 0 Å². The summed E-state index contributed by atoms with van der Waals surface area (Å²) in [5.74, 6) is 4.42. The number of carbonyl (C=O) groups excluding carboxylic acids is 1. The summed E-state index contributed by atoms with van der Waals surface area (Å²) in [5, 5.41) is 16.6. The quantitative estimate of drug-likeness (QED) is 0.733. The second kappa shape index (κ2) is 7.36. The number of rotatable bonds is 4. The third-order valence-corrected chi connectivity index (χ3v) is 11.4.